The quantitative estimate of drug-likeness (QED) is 0.0858. The predicted molar refractivity (Wildman–Crippen MR) is 147 cm³/mol. The second-order valence-electron chi connectivity index (χ2n) is 9.11. The van der Waals surface area contributed by atoms with Gasteiger partial charge in [-0.2, -0.15) is 0 Å². The molecule has 0 N–H and O–H groups in total. The normalized spacial score (nSPS) is 10.6. The molecule has 0 unspecified atom stereocenters. The van der Waals surface area contributed by atoms with Gasteiger partial charge in [-0.3, -0.25) is 4.79 Å². The Morgan fingerprint density at radius 2 is 0.946 bits per heavy atom. The van der Waals surface area contributed by atoms with Gasteiger partial charge in [-0.05, 0) is 85.6 Å². The van der Waals surface area contributed by atoms with Gasteiger partial charge >= 0.3 is 5.97 Å². The van der Waals surface area contributed by atoms with Gasteiger partial charge in [0.1, 0.15) is 17.2 Å². The fourth-order valence-electron chi connectivity index (χ4n) is 3.80. The zero-order valence-electron chi connectivity index (χ0n) is 22.0. The maximum atomic E-state index is 12.8. The van der Waals surface area contributed by atoms with Crippen LogP contribution in [0.3, 0.4) is 0 Å². The third-order valence-corrected chi connectivity index (χ3v) is 6.07. The van der Waals surface area contributed by atoms with Crippen LogP contribution in [0.15, 0.2) is 72.8 Å². The Bertz CT molecular complexity index is 1090. The molecule has 0 aliphatic heterocycles. The topological polar surface area (TPSA) is 61.8 Å². The van der Waals surface area contributed by atoms with E-state index in [9.17, 15) is 9.59 Å². The number of ketones is 1. The zero-order chi connectivity index (χ0) is 26.3. The van der Waals surface area contributed by atoms with Gasteiger partial charge in [-0.1, -0.05) is 52.4 Å². The van der Waals surface area contributed by atoms with Crippen molar-refractivity contribution in [3.05, 3.63) is 89.5 Å². The minimum Gasteiger partial charge on any atom is -0.494 e. The highest BCUT2D eigenvalue weighted by atomic mass is 16.5. The molecule has 0 amide bonds. The molecule has 5 heteroatoms. The van der Waals surface area contributed by atoms with Gasteiger partial charge in [0, 0.05) is 11.1 Å². The summed E-state index contributed by atoms with van der Waals surface area (Å²) in [5.74, 6) is 1.32. The van der Waals surface area contributed by atoms with Crippen molar-refractivity contribution in [3.8, 4) is 17.2 Å². The third-order valence-electron chi connectivity index (χ3n) is 6.07. The van der Waals surface area contributed by atoms with Crippen molar-refractivity contribution in [1.82, 2.24) is 0 Å². The summed E-state index contributed by atoms with van der Waals surface area (Å²) in [4.78, 5) is 25.3. The van der Waals surface area contributed by atoms with Crippen LogP contribution in [0.4, 0.5) is 0 Å². The maximum Gasteiger partial charge on any atom is 0.343 e. The standard InChI is InChI=1S/C32H38O5/c1-3-5-7-8-9-10-24-36-29-19-15-27(16-20-29)32(34)37-30-21-13-26(14-22-30)31(33)25-11-17-28(18-12-25)35-23-6-4-2/h11-22H,3-10,23-24H2,1-2H3. The van der Waals surface area contributed by atoms with Crippen molar-refractivity contribution in [1.29, 1.82) is 0 Å². The first-order valence-corrected chi connectivity index (χ1v) is 13.4. The van der Waals surface area contributed by atoms with E-state index in [1.165, 1.54) is 32.1 Å². The highest BCUT2D eigenvalue weighted by Gasteiger charge is 2.12. The molecule has 5 nitrogen and oxygen atoms in total. The molecule has 3 aromatic rings. The molecule has 0 heterocycles. The predicted octanol–water partition coefficient (Wildman–Crippen LogP) is 8.06. The van der Waals surface area contributed by atoms with Gasteiger partial charge < -0.3 is 14.2 Å². The molecule has 196 valence electrons. The number of benzene rings is 3. The van der Waals surface area contributed by atoms with Crippen molar-refractivity contribution in [2.75, 3.05) is 13.2 Å². The number of hydrogen-bond acceptors (Lipinski definition) is 5. The monoisotopic (exact) mass is 502 g/mol. The third kappa shape index (κ3) is 9.41. The lowest BCUT2D eigenvalue weighted by Crippen LogP contribution is -2.09. The summed E-state index contributed by atoms with van der Waals surface area (Å²) in [5, 5.41) is 0. The number of ether oxygens (including phenoxy) is 3. The number of hydrogen-bond donors (Lipinski definition) is 0. The minimum atomic E-state index is -0.458. The number of rotatable bonds is 16. The molecule has 0 aliphatic rings. The van der Waals surface area contributed by atoms with Crippen LogP contribution in [0.25, 0.3) is 0 Å². The molecule has 37 heavy (non-hydrogen) atoms. The summed E-state index contributed by atoms with van der Waals surface area (Å²) in [6.45, 7) is 5.68. The molecule has 3 aromatic carbocycles. The summed E-state index contributed by atoms with van der Waals surface area (Å²) in [5.41, 5.74) is 1.53. The summed E-state index contributed by atoms with van der Waals surface area (Å²) in [6.07, 6.45) is 9.36. The van der Waals surface area contributed by atoms with Gasteiger partial charge in [0.15, 0.2) is 5.78 Å². The summed E-state index contributed by atoms with van der Waals surface area (Å²) in [7, 11) is 0. The van der Waals surface area contributed by atoms with Crippen LogP contribution in [-0.2, 0) is 0 Å². The Kier molecular flexibility index (Phi) is 11.7. The molecule has 3 rings (SSSR count). The second kappa shape index (κ2) is 15.5. The Labute approximate surface area is 220 Å². The molecule has 0 atom stereocenters. The highest BCUT2D eigenvalue weighted by molar-refractivity contribution is 6.09. The molecule has 0 aromatic heterocycles. The Hall–Kier alpha value is -3.60. The van der Waals surface area contributed by atoms with Crippen LogP contribution in [0.5, 0.6) is 17.2 Å². The van der Waals surface area contributed by atoms with Crippen molar-refractivity contribution in [2.45, 2.75) is 65.2 Å². The van der Waals surface area contributed by atoms with E-state index in [1.54, 1.807) is 60.7 Å². The van der Waals surface area contributed by atoms with E-state index < -0.39 is 5.97 Å². The first-order chi connectivity index (χ1) is 18.1. The first-order valence-electron chi connectivity index (χ1n) is 13.4. The van der Waals surface area contributed by atoms with Gasteiger partial charge in [-0.15, -0.1) is 0 Å². The van der Waals surface area contributed by atoms with Crippen LogP contribution in [0, 0.1) is 0 Å². The Balaban J connectivity index is 1.46. The van der Waals surface area contributed by atoms with E-state index in [2.05, 4.69) is 13.8 Å². The highest BCUT2D eigenvalue weighted by Crippen LogP contribution is 2.20. The lowest BCUT2D eigenvalue weighted by atomic mass is 10.0. The van der Waals surface area contributed by atoms with Crippen molar-refractivity contribution < 1.29 is 23.8 Å². The molecular formula is C32H38O5. The maximum absolute atomic E-state index is 12.8. The molecule has 0 aliphatic carbocycles. The fourth-order valence-corrected chi connectivity index (χ4v) is 3.80. The van der Waals surface area contributed by atoms with Crippen LogP contribution in [0.2, 0.25) is 0 Å². The van der Waals surface area contributed by atoms with Crippen LogP contribution >= 0.6 is 0 Å². The van der Waals surface area contributed by atoms with Gasteiger partial charge in [0.2, 0.25) is 0 Å². The van der Waals surface area contributed by atoms with E-state index in [1.807, 2.05) is 12.1 Å². The van der Waals surface area contributed by atoms with Crippen molar-refractivity contribution >= 4 is 11.8 Å². The average molecular weight is 503 g/mol. The fraction of sp³-hybridized carbons (Fsp3) is 0.375. The number of esters is 1. The molecule has 0 fully saturated rings. The van der Waals surface area contributed by atoms with Gasteiger partial charge in [0.25, 0.3) is 0 Å². The second-order valence-corrected chi connectivity index (χ2v) is 9.11. The van der Waals surface area contributed by atoms with Gasteiger partial charge in [-0.25, -0.2) is 4.79 Å². The van der Waals surface area contributed by atoms with Gasteiger partial charge in [0.05, 0.1) is 18.8 Å². The SMILES string of the molecule is CCCCCCCCOc1ccc(C(=O)Oc2ccc(C(=O)c3ccc(OCCCC)cc3)cc2)cc1. The largest absolute Gasteiger partial charge is 0.494 e. The first kappa shape index (κ1) is 28.0. The van der Waals surface area contributed by atoms with Crippen LogP contribution in [0.1, 0.15) is 91.5 Å². The summed E-state index contributed by atoms with van der Waals surface area (Å²) >= 11 is 0. The van der Waals surface area contributed by atoms with Crippen molar-refractivity contribution in [3.63, 3.8) is 0 Å². The molecule has 0 saturated heterocycles. The van der Waals surface area contributed by atoms with E-state index in [0.29, 0.717) is 35.7 Å². The molecular weight excluding hydrogens is 464 g/mol. The van der Waals surface area contributed by atoms with E-state index in [-0.39, 0.29) is 5.78 Å². The minimum absolute atomic E-state index is 0.102. The number of unbranched alkanes of at least 4 members (excludes halogenated alkanes) is 6. The summed E-state index contributed by atoms with van der Waals surface area (Å²) < 4.78 is 16.9. The zero-order valence-corrected chi connectivity index (χ0v) is 22.0. The summed E-state index contributed by atoms with van der Waals surface area (Å²) in [6, 6.07) is 20.7. The number of carbonyl (C=O) groups excluding carboxylic acids is 2. The molecule has 0 spiro atoms. The Morgan fingerprint density at radius 3 is 1.49 bits per heavy atom. The lowest BCUT2D eigenvalue weighted by molar-refractivity contribution is 0.0734. The van der Waals surface area contributed by atoms with Crippen LogP contribution in [-0.4, -0.2) is 25.0 Å². The Morgan fingerprint density at radius 1 is 0.514 bits per heavy atom. The molecule has 0 radical (unpaired) electrons. The van der Waals surface area contributed by atoms with E-state index >= 15 is 0 Å². The lowest BCUT2D eigenvalue weighted by Gasteiger charge is -2.08. The molecule has 0 saturated carbocycles. The van der Waals surface area contributed by atoms with Crippen molar-refractivity contribution in [2.24, 2.45) is 0 Å². The van der Waals surface area contributed by atoms with E-state index in [4.69, 9.17) is 14.2 Å². The average Bonchev–Trinajstić information content (AvgIpc) is 2.93. The van der Waals surface area contributed by atoms with Crippen LogP contribution < -0.4 is 14.2 Å². The van der Waals surface area contributed by atoms with E-state index in [0.717, 1.165) is 30.8 Å². The molecule has 0 bridgehead atoms. The smallest absolute Gasteiger partial charge is 0.343 e. The number of carbonyl (C=O) groups is 2.